The van der Waals surface area contributed by atoms with Crippen molar-refractivity contribution in [2.75, 3.05) is 0 Å². The van der Waals surface area contributed by atoms with Crippen LogP contribution in [0.15, 0.2) is 18.2 Å². The molecule has 7 heteroatoms. The topological polar surface area (TPSA) is 26.0 Å². The molecule has 0 unspecified atom stereocenters. The van der Waals surface area contributed by atoms with Crippen LogP contribution in [-0.2, 0) is 0 Å². The van der Waals surface area contributed by atoms with Gasteiger partial charge in [0.2, 0.25) is 0 Å². The van der Waals surface area contributed by atoms with Crippen LogP contribution in [0, 0.1) is 5.82 Å². The summed E-state index contributed by atoms with van der Waals surface area (Å²) in [5.41, 5.74) is 3.05. The van der Waals surface area contributed by atoms with E-state index in [0.29, 0.717) is 18.2 Å². The van der Waals surface area contributed by atoms with Gasteiger partial charge in [-0.25, -0.2) is 13.2 Å². The molecule has 0 saturated heterocycles. The minimum Gasteiger partial charge on any atom is -0.316 e. The van der Waals surface area contributed by atoms with Crippen LogP contribution in [0.5, 0.6) is 0 Å². The lowest BCUT2D eigenvalue weighted by Gasteiger charge is -2.17. The van der Waals surface area contributed by atoms with Crippen LogP contribution in [0.2, 0.25) is 0 Å². The molecule has 0 aliphatic heterocycles. The smallest absolute Gasteiger partial charge is 0.316 e. The molecule has 0 bridgehead atoms. The Hall–Kier alpha value is -1.24. The van der Waals surface area contributed by atoms with Crippen LogP contribution >= 0.6 is 0 Å². The normalized spacial score (nSPS) is 14.2. The molecule has 1 aromatic rings. The van der Waals surface area contributed by atoms with Crippen LogP contribution in [0.1, 0.15) is 23.6 Å². The number of halogens is 6. The quantitative estimate of drug-likeness (QED) is 0.792. The minimum atomic E-state index is -4.87. The van der Waals surface area contributed by atoms with Crippen LogP contribution in [0.25, 0.3) is 0 Å². The zero-order chi connectivity index (χ0) is 12.5. The monoisotopic (exact) mass is 243 g/mol. The van der Waals surface area contributed by atoms with E-state index in [-0.39, 0.29) is 0 Å². The lowest BCUT2D eigenvalue weighted by Crippen LogP contribution is -2.29. The molecular weight excluding hydrogens is 236 g/mol. The molecular formula is C9H7F6N. The van der Waals surface area contributed by atoms with Crippen molar-refractivity contribution in [1.82, 2.24) is 0 Å². The first-order valence-electron chi connectivity index (χ1n) is 4.13. The molecule has 0 radical (unpaired) electrons. The zero-order valence-corrected chi connectivity index (χ0v) is 7.73. The van der Waals surface area contributed by atoms with Crippen LogP contribution in [-0.4, -0.2) is 6.18 Å². The predicted molar refractivity (Wildman–Crippen MR) is 44.3 cm³/mol. The molecule has 0 aliphatic rings. The Balaban J connectivity index is 3.17. The second-order valence-corrected chi connectivity index (χ2v) is 3.10. The van der Waals surface area contributed by atoms with Crippen molar-refractivity contribution in [3.63, 3.8) is 0 Å². The lowest BCUT2D eigenvalue weighted by molar-refractivity contribution is -0.149. The van der Waals surface area contributed by atoms with Crippen molar-refractivity contribution in [1.29, 1.82) is 0 Å². The lowest BCUT2D eigenvalue weighted by atomic mass is 10.0. The Morgan fingerprint density at radius 1 is 1.12 bits per heavy atom. The predicted octanol–water partition coefficient (Wildman–Crippen LogP) is 3.33. The summed E-state index contributed by atoms with van der Waals surface area (Å²) in [6.07, 6.45) is -7.85. The van der Waals surface area contributed by atoms with Gasteiger partial charge >= 0.3 is 6.18 Å². The Morgan fingerprint density at radius 3 is 2.12 bits per heavy atom. The van der Waals surface area contributed by atoms with E-state index in [1.165, 1.54) is 0 Å². The Morgan fingerprint density at radius 2 is 1.69 bits per heavy atom. The fourth-order valence-electron chi connectivity index (χ4n) is 1.11. The molecule has 0 amide bonds. The Labute approximate surface area is 86.9 Å². The molecule has 1 aromatic carbocycles. The van der Waals surface area contributed by atoms with Gasteiger partial charge in [-0.1, -0.05) is 6.07 Å². The maximum absolute atomic E-state index is 13.0. The van der Waals surface area contributed by atoms with Gasteiger partial charge in [-0.2, -0.15) is 13.2 Å². The van der Waals surface area contributed by atoms with Gasteiger partial charge in [0.1, 0.15) is 11.9 Å². The van der Waals surface area contributed by atoms with E-state index in [0.717, 1.165) is 0 Å². The molecule has 0 spiro atoms. The third-order valence-electron chi connectivity index (χ3n) is 1.96. The summed E-state index contributed by atoms with van der Waals surface area (Å²) >= 11 is 0. The van der Waals surface area contributed by atoms with E-state index in [2.05, 4.69) is 0 Å². The largest absolute Gasteiger partial charge is 0.407 e. The molecule has 0 aromatic heterocycles. The van der Waals surface area contributed by atoms with Gasteiger partial charge in [-0.15, -0.1) is 0 Å². The number of hydrogen-bond donors (Lipinski definition) is 1. The van der Waals surface area contributed by atoms with Crippen molar-refractivity contribution in [3.8, 4) is 0 Å². The van der Waals surface area contributed by atoms with Gasteiger partial charge < -0.3 is 5.73 Å². The third-order valence-corrected chi connectivity index (χ3v) is 1.96. The van der Waals surface area contributed by atoms with E-state index >= 15 is 0 Å². The summed E-state index contributed by atoms with van der Waals surface area (Å²) in [5, 5.41) is 0. The van der Waals surface area contributed by atoms with Gasteiger partial charge in [0.25, 0.3) is 6.43 Å². The molecule has 90 valence electrons. The average Bonchev–Trinajstić information content (AvgIpc) is 2.15. The first-order chi connectivity index (χ1) is 7.23. The highest BCUT2D eigenvalue weighted by Crippen LogP contribution is 2.33. The van der Waals surface area contributed by atoms with Crippen LogP contribution < -0.4 is 5.73 Å². The maximum Gasteiger partial charge on any atom is 0.407 e. The number of hydrogen-bond acceptors (Lipinski definition) is 1. The van der Waals surface area contributed by atoms with Crippen LogP contribution in [0.3, 0.4) is 0 Å². The molecule has 0 fully saturated rings. The molecule has 0 aliphatic carbocycles. The highest BCUT2D eigenvalue weighted by Gasteiger charge is 2.39. The molecule has 16 heavy (non-hydrogen) atoms. The van der Waals surface area contributed by atoms with Crippen molar-refractivity contribution < 1.29 is 26.3 Å². The average molecular weight is 243 g/mol. The van der Waals surface area contributed by atoms with Crippen molar-refractivity contribution in [3.05, 3.63) is 35.1 Å². The maximum atomic E-state index is 13.0. The molecule has 0 saturated carbocycles. The molecule has 1 rings (SSSR count). The van der Waals surface area contributed by atoms with Gasteiger partial charge in [0, 0.05) is 11.1 Å². The standard InChI is InChI=1S/C9H7F6N/c10-6-2-1-4(8(11)12)3-5(6)7(16)9(13,14)15/h1-3,7-8H,16H2/t7-/m0/s1. The summed E-state index contributed by atoms with van der Waals surface area (Å²) < 4.78 is 73.9. The van der Waals surface area contributed by atoms with E-state index in [9.17, 15) is 26.3 Å². The summed E-state index contributed by atoms with van der Waals surface area (Å²) in [7, 11) is 0. The summed E-state index contributed by atoms with van der Waals surface area (Å²) in [5.74, 6) is -1.26. The molecule has 2 N–H and O–H groups in total. The Bertz CT molecular complexity index is 373. The Kier molecular flexibility index (Phi) is 3.47. The third kappa shape index (κ3) is 2.66. The van der Waals surface area contributed by atoms with E-state index in [1.54, 1.807) is 0 Å². The van der Waals surface area contributed by atoms with Crippen molar-refractivity contribution in [2.45, 2.75) is 18.6 Å². The zero-order valence-electron chi connectivity index (χ0n) is 7.73. The second kappa shape index (κ2) is 4.32. The molecule has 1 atom stereocenters. The van der Waals surface area contributed by atoms with Crippen LogP contribution in [0.4, 0.5) is 26.3 Å². The number of rotatable bonds is 2. The first kappa shape index (κ1) is 12.8. The highest BCUT2D eigenvalue weighted by atomic mass is 19.4. The summed E-state index contributed by atoms with van der Waals surface area (Å²) in [4.78, 5) is 0. The van der Waals surface area contributed by atoms with E-state index < -0.39 is 35.6 Å². The van der Waals surface area contributed by atoms with Gasteiger partial charge in [-0.3, -0.25) is 0 Å². The second-order valence-electron chi connectivity index (χ2n) is 3.10. The summed E-state index contributed by atoms with van der Waals surface area (Å²) in [6.45, 7) is 0. The van der Waals surface area contributed by atoms with E-state index in [4.69, 9.17) is 5.73 Å². The number of nitrogens with two attached hydrogens (primary N) is 1. The van der Waals surface area contributed by atoms with Gasteiger partial charge in [0.05, 0.1) is 0 Å². The van der Waals surface area contributed by atoms with E-state index in [1.807, 2.05) is 0 Å². The fraction of sp³-hybridized carbons (Fsp3) is 0.333. The van der Waals surface area contributed by atoms with Crippen molar-refractivity contribution >= 4 is 0 Å². The van der Waals surface area contributed by atoms with Gasteiger partial charge in [-0.05, 0) is 12.1 Å². The summed E-state index contributed by atoms with van der Waals surface area (Å²) in [6, 6.07) is -0.918. The molecule has 0 heterocycles. The highest BCUT2D eigenvalue weighted by molar-refractivity contribution is 5.29. The van der Waals surface area contributed by atoms with Crippen molar-refractivity contribution in [2.24, 2.45) is 5.73 Å². The number of benzene rings is 1. The van der Waals surface area contributed by atoms with Gasteiger partial charge in [0.15, 0.2) is 0 Å². The molecule has 1 nitrogen and oxygen atoms in total. The number of alkyl halides is 5. The first-order valence-corrected chi connectivity index (χ1v) is 4.13. The fourth-order valence-corrected chi connectivity index (χ4v) is 1.11. The minimum absolute atomic E-state index is 0.429. The SMILES string of the molecule is N[C@@H](c1cc(C(F)F)ccc1F)C(F)(F)F.